The van der Waals surface area contributed by atoms with Crippen LogP contribution in [-0.4, -0.2) is 41.4 Å². The zero-order chi connectivity index (χ0) is 21.3. The van der Waals surface area contributed by atoms with Crippen molar-refractivity contribution in [1.29, 1.82) is 0 Å². The van der Waals surface area contributed by atoms with Gasteiger partial charge in [-0.3, -0.25) is 4.90 Å². The number of urea groups is 1. The fraction of sp³-hybridized carbons (Fsp3) is 0.150. The van der Waals surface area contributed by atoms with E-state index in [0.717, 1.165) is 4.90 Å². The van der Waals surface area contributed by atoms with Gasteiger partial charge in [-0.2, -0.15) is 0 Å². The molecule has 9 heteroatoms. The summed E-state index contributed by atoms with van der Waals surface area (Å²) in [6, 6.07) is 7.91. The van der Waals surface area contributed by atoms with Crippen LogP contribution in [0.5, 0.6) is 17.4 Å². The molecule has 0 atom stereocenters. The Morgan fingerprint density at radius 1 is 1.03 bits per heavy atom. The number of primary amides is 1. The first kappa shape index (κ1) is 19.7. The van der Waals surface area contributed by atoms with Crippen LogP contribution in [0.1, 0.15) is 16.1 Å². The zero-order valence-electron chi connectivity index (χ0n) is 16.0. The van der Waals surface area contributed by atoms with Gasteiger partial charge in [0, 0.05) is 16.5 Å². The highest BCUT2D eigenvalue weighted by atomic mass is 16.5. The molecule has 0 spiro atoms. The van der Waals surface area contributed by atoms with Crippen LogP contribution < -0.4 is 20.1 Å². The standard InChI is InChI=1S/C20H19N3O6/c1-10-13-8-15(28-2)16(29-3)9-14(13)17(18(24)22-10)23(20(21)27)12-6-4-11(5-7-12)19(25)26/h4-9H,1-3H3,(H2,21,27)(H,22,24)(H,25,26). The van der Waals surface area contributed by atoms with Gasteiger partial charge in [-0.15, -0.1) is 0 Å². The van der Waals surface area contributed by atoms with Crippen molar-refractivity contribution in [2.24, 2.45) is 5.73 Å². The maximum Gasteiger partial charge on any atom is 0.335 e. The third-order valence-electron chi connectivity index (χ3n) is 4.47. The Balaban J connectivity index is 2.32. The molecule has 1 heterocycles. The number of ether oxygens (including phenoxy) is 2. The lowest BCUT2D eigenvalue weighted by molar-refractivity contribution is 0.0697. The normalized spacial score (nSPS) is 10.6. The lowest BCUT2D eigenvalue weighted by Gasteiger charge is -2.24. The number of fused-ring (bicyclic) bond motifs is 1. The summed E-state index contributed by atoms with van der Waals surface area (Å²) in [7, 11) is 2.96. The van der Waals surface area contributed by atoms with E-state index in [1.165, 1.54) is 38.5 Å². The van der Waals surface area contributed by atoms with E-state index in [0.29, 0.717) is 28.0 Å². The number of nitrogens with two attached hydrogens (primary N) is 1. The molecule has 29 heavy (non-hydrogen) atoms. The molecular formula is C20H19N3O6. The van der Waals surface area contributed by atoms with E-state index in [4.69, 9.17) is 20.3 Å². The van der Waals surface area contributed by atoms with Gasteiger partial charge in [0.05, 0.1) is 25.5 Å². The largest absolute Gasteiger partial charge is 0.493 e. The van der Waals surface area contributed by atoms with Gasteiger partial charge < -0.3 is 25.4 Å². The maximum atomic E-state index is 12.3. The third kappa shape index (κ3) is 3.45. The van der Waals surface area contributed by atoms with Crippen LogP contribution in [0.3, 0.4) is 0 Å². The van der Waals surface area contributed by atoms with Crippen molar-refractivity contribution in [2.75, 3.05) is 19.1 Å². The summed E-state index contributed by atoms with van der Waals surface area (Å²) in [4.78, 5) is 28.6. The number of pyridine rings is 1. The minimum Gasteiger partial charge on any atom is -0.493 e. The van der Waals surface area contributed by atoms with Gasteiger partial charge in [0.15, 0.2) is 11.5 Å². The van der Waals surface area contributed by atoms with Crippen molar-refractivity contribution < 1.29 is 29.3 Å². The Bertz CT molecular complexity index is 1110. The smallest absolute Gasteiger partial charge is 0.335 e. The van der Waals surface area contributed by atoms with Gasteiger partial charge in [0.1, 0.15) is 5.69 Å². The molecule has 3 aromatic rings. The predicted octanol–water partition coefficient (Wildman–Crippen LogP) is 3.18. The molecule has 3 rings (SSSR count). The summed E-state index contributed by atoms with van der Waals surface area (Å²) in [5, 5.41) is 20.7. The molecule has 0 aliphatic carbocycles. The minimum atomic E-state index is -1.11. The molecule has 2 aromatic carbocycles. The molecule has 0 bridgehead atoms. The highest BCUT2D eigenvalue weighted by Crippen LogP contribution is 2.43. The van der Waals surface area contributed by atoms with Crippen molar-refractivity contribution in [3.8, 4) is 17.4 Å². The number of benzene rings is 2. The van der Waals surface area contributed by atoms with Crippen LogP contribution in [-0.2, 0) is 0 Å². The summed E-state index contributed by atoms with van der Waals surface area (Å²) in [6.45, 7) is 1.70. The van der Waals surface area contributed by atoms with Gasteiger partial charge in [-0.05, 0) is 43.3 Å². The number of carboxylic acid groups (broad SMARTS) is 1. The number of aromatic carboxylic acids is 1. The lowest BCUT2D eigenvalue weighted by Crippen LogP contribution is -2.32. The number of aromatic nitrogens is 1. The van der Waals surface area contributed by atoms with Crippen molar-refractivity contribution >= 4 is 34.1 Å². The van der Waals surface area contributed by atoms with Crippen LogP contribution in [0.25, 0.3) is 10.8 Å². The van der Waals surface area contributed by atoms with Crippen molar-refractivity contribution in [3.63, 3.8) is 0 Å². The van der Waals surface area contributed by atoms with Crippen LogP contribution in [0, 0.1) is 6.92 Å². The molecule has 0 fully saturated rings. The van der Waals surface area contributed by atoms with Gasteiger partial charge in [-0.1, -0.05) is 0 Å². The SMILES string of the molecule is COc1cc2c(C)nc(O)c(N(C(N)=O)c3ccc(C(=O)O)cc3)c2cc1OC. The third-order valence-corrected chi connectivity index (χ3v) is 4.47. The van der Waals surface area contributed by atoms with E-state index in [-0.39, 0.29) is 16.9 Å². The molecule has 0 aliphatic rings. The summed E-state index contributed by atoms with van der Waals surface area (Å²) >= 11 is 0. The van der Waals surface area contributed by atoms with E-state index in [1.54, 1.807) is 19.1 Å². The summed E-state index contributed by atoms with van der Waals surface area (Å²) < 4.78 is 10.7. The number of hydrogen-bond donors (Lipinski definition) is 3. The molecule has 0 aliphatic heterocycles. The quantitative estimate of drug-likeness (QED) is 0.601. The van der Waals surface area contributed by atoms with Gasteiger partial charge in [0.25, 0.3) is 0 Å². The number of carbonyl (C=O) groups excluding carboxylic acids is 1. The van der Waals surface area contributed by atoms with Gasteiger partial charge in [0.2, 0.25) is 5.88 Å². The van der Waals surface area contributed by atoms with Crippen molar-refractivity contribution in [3.05, 3.63) is 47.7 Å². The van der Waals surface area contributed by atoms with E-state index >= 15 is 0 Å². The maximum absolute atomic E-state index is 12.3. The van der Waals surface area contributed by atoms with Crippen LogP contribution >= 0.6 is 0 Å². The Hall–Kier alpha value is -4.01. The fourth-order valence-corrected chi connectivity index (χ4v) is 3.11. The second-order valence-corrected chi connectivity index (χ2v) is 6.15. The fourth-order valence-electron chi connectivity index (χ4n) is 3.11. The van der Waals surface area contributed by atoms with Crippen LogP contribution in [0.2, 0.25) is 0 Å². The lowest BCUT2D eigenvalue weighted by atomic mass is 10.1. The molecular weight excluding hydrogens is 378 g/mol. The second kappa shape index (κ2) is 7.55. The number of aryl methyl sites for hydroxylation is 1. The number of aromatic hydroxyl groups is 1. The average Bonchev–Trinajstić information content (AvgIpc) is 2.69. The minimum absolute atomic E-state index is 0.0423. The highest BCUT2D eigenvalue weighted by Gasteiger charge is 2.25. The second-order valence-electron chi connectivity index (χ2n) is 6.15. The molecule has 0 saturated heterocycles. The van der Waals surface area contributed by atoms with E-state index in [9.17, 15) is 14.7 Å². The number of carbonyl (C=O) groups is 2. The van der Waals surface area contributed by atoms with E-state index < -0.39 is 17.9 Å². The number of anilines is 2. The molecule has 1 aromatic heterocycles. The Morgan fingerprint density at radius 3 is 2.07 bits per heavy atom. The summed E-state index contributed by atoms with van der Waals surface area (Å²) in [5.74, 6) is -0.678. The summed E-state index contributed by atoms with van der Waals surface area (Å²) in [6.07, 6.45) is 0. The first-order valence-corrected chi connectivity index (χ1v) is 8.46. The average molecular weight is 397 g/mol. The number of hydrogen-bond acceptors (Lipinski definition) is 6. The first-order chi connectivity index (χ1) is 13.8. The molecule has 0 unspecified atom stereocenters. The molecule has 0 radical (unpaired) electrons. The zero-order valence-corrected chi connectivity index (χ0v) is 16.0. The summed E-state index contributed by atoms with van der Waals surface area (Å²) in [5.41, 5.74) is 6.46. The van der Waals surface area contributed by atoms with Crippen molar-refractivity contribution in [2.45, 2.75) is 6.92 Å². The Labute approximate surface area is 165 Å². The highest BCUT2D eigenvalue weighted by molar-refractivity contribution is 6.10. The van der Waals surface area contributed by atoms with Crippen LogP contribution in [0.4, 0.5) is 16.2 Å². The Kier molecular flexibility index (Phi) is 5.14. The number of nitrogens with zero attached hydrogens (tertiary/aromatic N) is 2. The van der Waals surface area contributed by atoms with Crippen LogP contribution in [0.15, 0.2) is 36.4 Å². The van der Waals surface area contributed by atoms with E-state index in [2.05, 4.69) is 4.98 Å². The predicted molar refractivity (Wildman–Crippen MR) is 106 cm³/mol. The molecule has 150 valence electrons. The van der Waals surface area contributed by atoms with Crippen molar-refractivity contribution in [1.82, 2.24) is 4.98 Å². The number of carboxylic acids is 1. The van der Waals surface area contributed by atoms with Gasteiger partial charge >= 0.3 is 12.0 Å². The molecule has 2 amide bonds. The first-order valence-electron chi connectivity index (χ1n) is 8.46. The molecule has 4 N–H and O–H groups in total. The molecule has 9 nitrogen and oxygen atoms in total. The monoisotopic (exact) mass is 397 g/mol. The Morgan fingerprint density at radius 2 is 1.59 bits per heavy atom. The number of rotatable bonds is 5. The van der Waals surface area contributed by atoms with Gasteiger partial charge in [-0.25, -0.2) is 14.6 Å². The number of amides is 2. The number of methoxy groups -OCH3 is 2. The topological polar surface area (TPSA) is 135 Å². The van der Waals surface area contributed by atoms with E-state index in [1.807, 2.05) is 0 Å². The molecule has 0 saturated carbocycles.